The number of nitrogens with zero attached hydrogens (tertiary/aromatic N) is 1. The molecule has 0 radical (unpaired) electrons. The molecule has 3 heteroatoms. The van der Waals surface area contributed by atoms with Gasteiger partial charge in [-0.05, 0) is 38.5 Å². The predicted molar refractivity (Wildman–Crippen MR) is 75.8 cm³/mol. The maximum absolute atomic E-state index is 5.43. The van der Waals surface area contributed by atoms with Crippen LogP contribution in [0.2, 0.25) is 0 Å². The molecule has 0 aromatic rings. The van der Waals surface area contributed by atoms with Crippen molar-refractivity contribution in [2.24, 2.45) is 11.8 Å². The second-order valence-corrected chi connectivity index (χ2v) is 6.97. The van der Waals surface area contributed by atoms with Crippen molar-refractivity contribution in [3.8, 4) is 0 Å². The van der Waals surface area contributed by atoms with E-state index in [0.29, 0.717) is 0 Å². The Morgan fingerprint density at radius 1 is 1.22 bits per heavy atom. The summed E-state index contributed by atoms with van der Waals surface area (Å²) < 4.78 is 5.43. The number of nitrogens with one attached hydrogen (secondary N) is 1. The van der Waals surface area contributed by atoms with E-state index in [2.05, 4.69) is 37.9 Å². The van der Waals surface area contributed by atoms with E-state index in [9.17, 15) is 0 Å². The molecule has 1 saturated heterocycles. The lowest BCUT2D eigenvalue weighted by molar-refractivity contribution is -0.0122. The summed E-state index contributed by atoms with van der Waals surface area (Å²) in [6, 6.07) is 0.762. The molecule has 1 aliphatic carbocycles. The van der Waals surface area contributed by atoms with Crippen molar-refractivity contribution in [3.63, 3.8) is 0 Å². The largest absolute Gasteiger partial charge is 0.379 e. The van der Waals surface area contributed by atoms with Crippen molar-refractivity contribution < 1.29 is 4.74 Å². The van der Waals surface area contributed by atoms with Crippen LogP contribution in [-0.2, 0) is 4.74 Å². The highest BCUT2D eigenvalue weighted by Crippen LogP contribution is 2.33. The van der Waals surface area contributed by atoms with Crippen LogP contribution in [0.4, 0.5) is 0 Å². The van der Waals surface area contributed by atoms with Gasteiger partial charge in [0.25, 0.3) is 0 Å². The predicted octanol–water partition coefficient (Wildman–Crippen LogP) is 2.12. The van der Waals surface area contributed by atoms with Gasteiger partial charge >= 0.3 is 0 Å². The summed E-state index contributed by atoms with van der Waals surface area (Å²) in [7, 11) is 0. The molecule has 1 saturated carbocycles. The lowest BCUT2D eigenvalue weighted by Crippen LogP contribution is -2.57. The molecule has 0 amide bonds. The van der Waals surface area contributed by atoms with E-state index in [-0.39, 0.29) is 5.54 Å². The van der Waals surface area contributed by atoms with E-state index >= 15 is 0 Å². The average molecular weight is 254 g/mol. The minimum absolute atomic E-state index is 0.257. The van der Waals surface area contributed by atoms with Gasteiger partial charge in [-0.3, -0.25) is 4.90 Å². The lowest BCUT2D eigenvalue weighted by Gasteiger charge is -2.44. The quantitative estimate of drug-likeness (QED) is 0.813. The molecule has 1 N–H and O–H groups in total. The molecular weight excluding hydrogens is 224 g/mol. The molecule has 2 fully saturated rings. The number of hydrogen-bond acceptors (Lipinski definition) is 3. The van der Waals surface area contributed by atoms with Crippen molar-refractivity contribution in [1.82, 2.24) is 10.2 Å². The maximum atomic E-state index is 5.43. The Kier molecular flexibility index (Phi) is 4.68. The third-order valence-electron chi connectivity index (χ3n) is 4.81. The van der Waals surface area contributed by atoms with Crippen molar-refractivity contribution in [1.29, 1.82) is 0 Å². The number of hydrogen-bond donors (Lipinski definition) is 1. The van der Waals surface area contributed by atoms with Crippen LogP contribution in [0, 0.1) is 11.8 Å². The number of ether oxygens (including phenoxy) is 1. The van der Waals surface area contributed by atoms with Crippen molar-refractivity contribution in [3.05, 3.63) is 0 Å². The Hall–Kier alpha value is -0.120. The van der Waals surface area contributed by atoms with E-state index in [1.54, 1.807) is 0 Å². The molecule has 0 bridgehead atoms. The summed E-state index contributed by atoms with van der Waals surface area (Å²) in [5, 5.41) is 3.76. The van der Waals surface area contributed by atoms with E-state index in [1.807, 2.05) is 0 Å². The molecule has 0 unspecified atom stereocenters. The minimum atomic E-state index is 0.257. The molecule has 1 aliphatic heterocycles. The molecule has 0 aromatic carbocycles. The van der Waals surface area contributed by atoms with Crippen LogP contribution in [-0.4, -0.2) is 49.3 Å². The van der Waals surface area contributed by atoms with E-state index in [4.69, 9.17) is 4.74 Å². The van der Waals surface area contributed by atoms with Gasteiger partial charge in [-0.1, -0.05) is 13.8 Å². The summed E-state index contributed by atoms with van der Waals surface area (Å²) in [5.41, 5.74) is 0.257. The van der Waals surface area contributed by atoms with Crippen LogP contribution in [0.5, 0.6) is 0 Å². The highest BCUT2D eigenvalue weighted by molar-refractivity contribution is 4.91. The standard InChI is InChI=1S/C15H30N2O/c1-12(2)13-9-14(10-13)16-11-15(3,4)17-5-7-18-8-6-17/h12-14,16H,5-11H2,1-4H3. The molecule has 0 aromatic heterocycles. The fourth-order valence-electron chi connectivity index (χ4n) is 3.05. The van der Waals surface area contributed by atoms with Crippen LogP contribution < -0.4 is 5.32 Å². The second kappa shape index (κ2) is 5.89. The summed E-state index contributed by atoms with van der Waals surface area (Å²) in [6.07, 6.45) is 2.74. The molecular formula is C15H30N2O. The second-order valence-electron chi connectivity index (χ2n) is 6.97. The number of rotatable bonds is 5. The Morgan fingerprint density at radius 2 is 1.83 bits per heavy atom. The fraction of sp³-hybridized carbons (Fsp3) is 1.00. The summed E-state index contributed by atoms with van der Waals surface area (Å²) >= 11 is 0. The van der Waals surface area contributed by atoms with Gasteiger partial charge in [0.1, 0.15) is 0 Å². The zero-order valence-electron chi connectivity index (χ0n) is 12.5. The zero-order valence-corrected chi connectivity index (χ0v) is 12.5. The first-order chi connectivity index (χ1) is 8.49. The number of morpholine rings is 1. The van der Waals surface area contributed by atoms with Crippen molar-refractivity contribution in [2.75, 3.05) is 32.8 Å². The Morgan fingerprint density at radius 3 is 2.39 bits per heavy atom. The minimum Gasteiger partial charge on any atom is -0.379 e. The van der Waals surface area contributed by atoms with Gasteiger partial charge in [0.05, 0.1) is 13.2 Å². The monoisotopic (exact) mass is 254 g/mol. The summed E-state index contributed by atoms with van der Waals surface area (Å²) in [5.74, 6) is 1.81. The third kappa shape index (κ3) is 3.46. The first-order valence-electron chi connectivity index (χ1n) is 7.55. The van der Waals surface area contributed by atoms with Gasteiger partial charge in [-0.15, -0.1) is 0 Å². The van der Waals surface area contributed by atoms with Crippen LogP contribution >= 0.6 is 0 Å². The van der Waals surface area contributed by atoms with E-state index < -0.39 is 0 Å². The maximum Gasteiger partial charge on any atom is 0.0594 e. The first kappa shape index (κ1) is 14.3. The van der Waals surface area contributed by atoms with E-state index in [0.717, 1.165) is 50.7 Å². The van der Waals surface area contributed by atoms with Crippen LogP contribution in [0.25, 0.3) is 0 Å². The summed E-state index contributed by atoms with van der Waals surface area (Å²) in [6.45, 7) is 14.4. The van der Waals surface area contributed by atoms with Gasteiger partial charge in [0.15, 0.2) is 0 Å². The molecule has 3 nitrogen and oxygen atoms in total. The van der Waals surface area contributed by atoms with Gasteiger partial charge in [-0.25, -0.2) is 0 Å². The van der Waals surface area contributed by atoms with Crippen LogP contribution in [0.3, 0.4) is 0 Å². The van der Waals surface area contributed by atoms with Gasteiger partial charge in [0.2, 0.25) is 0 Å². The highest BCUT2D eigenvalue weighted by atomic mass is 16.5. The molecule has 1 heterocycles. The molecule has 0 atom stereocenters. The average Bonchev–Trinajstić information content (AvgIpc) is 2.27. The first-order valence-corrected chi connectivity index (χ1v) is 7.55. The summed E-state index contributed by atoms with van der Waals surface area (Å²) in [4.78, 5) is 2.56. The van der Waals surface area contributed by atoms with Gasteiger partial charge < -0.3 is 10.1 Å². The topological polar surface area (TPSA) is 24.5 Å². The fourth-order valence-corrected chi connectivity index (χ4v) is 3.05. The normalized spacial score (nSPS) is 30.5. The smallest absolute Gasteiger partial charge is 0.0594 e. The third-order valence-corrected chi connectivity index (χ3v) is 4.81. The van der Waals surface area contributed by atoms with Gasteiger partial charge in [0, 0.05) is 31.2 Å². The molecule has 2 aliphatic rings. The Balaban J connectivity index is 1.69. The molecule has 0 spiro atoms. The molecule has 2 rings (SSSR count). The Bertz CT molecular complexity index is 253. The molecule has 18 heavy (non-hydrogen) atoms. The zero-order chi connectivity index (χ0) is 13.2. The SMILES string of the molecule is CC(C)C1CC(NCC(C)(C)N2CCOCC2)C1. The molecule has 106 valence electrons. The van der Waals surface area contributed by atoms with Gasteiger partial charge in [-0.2, -0.15) is 0 Å². The van der Waals surface area contributed by atoms with Crippen LogP contribution in [0.15, 0.2) is 0 Å². The van der Waals surface area contributed by atoms with E-state index in [1.165, 1.54) is 12.8 Å². The van der Waals surface area contributed by atoms with Crippen molar-refractivity contribution >= 4 is 0 Å². The highest BCUT2D eigenvalue weighted by Gasteiger charge is 2.33. The van der Waals surface area contributed by atoms with Crippen LogP contribution in [0.1, 0.15) is 40.5 Å². The van der Waals surface area contributed by atoms with Crippen molar-refractivity contribution in [2.45, 2.75) is 52.1 Å². The lowest BCUT2D eigenvalue weighted by atomic mass is 9.73. The Labute approximate surface area is 112 Å².